The van der Waals surface area contributed by atoms with E-state index in [1.54, 1.807) is 10.5 Å². The van der Waals surface area contributed by atoms with Gasteiger partial charge >= 0.3 is 11.6 Å². The van der Waals surface area contributed by atoms with Gasteiger partial charge in [-0.15, -0.1) is 0 Å². The topological polar surface area (TPSA) is 78.0 Å². The second-order valence-electron chi connectivity index (χ2n) is 9.22. The Labute approximate surface area is 217 Å². The van der Waals surface area contributed by atoms with E-state index in [2.05, 4.69) is 0 Å². The fourth-order valence-electron chi connectivity index (χ4n) is 5.01. The van der Waals surface area contributed by atoms with Crippen LogP contribution in [0.1, 0.15) is 29.2 Å². The van der Waals surface area contributed by atoms with Crippen molar-refractivity contribution in [2.24, 2.45) is 0 Å². The molecule has 0 aliphatic carbocycles. The van der Waals surface area contributed by atoms with Crippen molar-refractivity contribution in [3.8, 4) is 5.75 Å². The van der Waals surface area contributed by atoms with Crippen LogP contribution in [-0.4, -0.2) is 10.4 Å². The number of carbonyl (C=O) groups excluding carboxylic acids is 1. The highest BCUT2D eigenvalue weighted by molar-refractivity contribution is 6.03. The summed E-state index contributed by atoms with van der Waals surface area (Å²) < 4.78 is 13.3. The largest absolute Gasteiger partial charge is 0.425 e. The average Bonchev–Trinajstić information content (AvgIpc) is 2.93. The molecule has 6 aromatic rings. The Kier molecular flexibility index (Phi) is 5.85. The predicted molar refractivity (Wildman–Crippen MR) is 147 cm³/mol. The molecule has 0 aliphatic heterocycles. The van der Waals surface area contributed by atoms with E-state index >= 15 is 0 Å². The van der Waals surface area contributed by atoms with Gasteiger partial charge in [-0.3, -0.25) is 14.0 Å². The molecule has 0 amide bonds. The van der Waals surface area contributed by atoms with Crippen molar-refractivity contribution in [2.75, 3.05) is 0 Å². The first-order valence-corrected chi connectivity index (χ1v) is 12.3. The van der Waals surface area contributed by atoms with Crippen molar-refractivity contribution < 1.29 is 13.9 Å². The normalized spacial score (nSPS) is 11.3. The zero-order valence-electron chi connectivity index (χ0n) is 20.6. The molecule has 0 bridgehead atoms. The van der Waals surface area contributed by atoms with Gasteiger partial charge in [0.15, 0.2) is 11.3 Å². The summed E-state index contributed by atoms with van der Waals surface area (Å²) in [6.45, 7) is 1.30. The summed E-state index contributed by atoms with van der Waals surface area (Å²) in [7, 11) is 0. The molecule has 3 aromatic heterocycles. The van der Waals surface area contributed by atoms with Gasteiger partial charge in [-0.25, -0.2) is 4.79 Å². The second kappa shape index (κ2) is 9.48. The number of rotatable bonds is 5. The van der Waals surface area contributed by atoms with Crippen molar-refractivity contribution in [2.45, 2.75) is 19.8 Å². The first-order valence-electron chi connectivity index (χ1n) is 12.3. The van der Waals surface area contributed by atoms with Crippen LogP contribution in [0, 0.1) is 0 Å². The lowest BCUT2D eigenvalue weighted by Gasteiger charge is -2.17. The van der Waals surface area contributed by atoms with Gasteiger partial charge in [-0.2, -0.15) is 0 Å². The molecule has 0 aliphatic rings. The summed E-state index contributed by atoms with van der Waals surface area (Å²) in [5.74, 6) is -0.448. The van der Waals surface area contributed by atoms with E-state index in [0.29, 0.717) is 22.0 Å². The number of fused-ring (bicyclic) bond motifs is 5. The lowest BCUT2D eigenvalue weighted by atomic mass is 9.99. The summed E-state index contributed by atoms with van der Waals surface area (Å²) in [5.41, 5.74) is 2.68. The standard InChI is InChI=1S/C32H23NO5/c1-20(34)37-30-25(19-22-12-6-3-7-13-22)32(36)38-29-24(18-21-10-4-2-5-11-21)31(35)33-26-15-9-8-14-23(26)16-17-27(33)28(29)30/h2-17H,18-19H2,1H3. The second-order valence-corrected chi connectivity index (χ2v) is 9.22. The molecule has 3 aromatic carbocycles. The van der Waals surface area contributed by atoms with Crippen LogP contribution in [0.2, 0.25) is 0 Å². The minimum Gasteiger partial charge on any atom is -0.425 e. The predicted octanol–water partition coefficient (Wildman–Crippen LogP) is 5.67. The molecule has 6 nitrogen and oxygen atoms in total. The Morgan fingerprint density at radius 2 is 1.34 bits per heavy atom. The van der Waals surface area contributed by atoms with Gasteiger partial charge in [-0.1, -0.05) is 84.9 Å². The van der Waals surface area contributed by atoms with Gasteiger partial charge < -0.3 is 9.15 Å². The van der Waals surface area contributed by atoms with E-state index in [9.17, 15) is 14.4 Å². The molecule has 0 N–H and O–H groups in total. The SMILES string of the molecule is CC(=O)Oc1c(Cc2ccccc2)c(=O)oc2c(Cc3ccccc3)c(=O)n3c4ccccc4ccc3c12. The highest BCUT2D eigenvalue weighted by atomic mass is 16.5. The summed E-state index contributed by atoms with van der Waals surface area (Å²) in [6.07, 6.45) is 0.442. The highest BCUT2D eigenvalue weighted by Crippen LogP contribution is 2.35. The van der Waals surface area contributed by atoms with Crippen LogP contribution >= 0.6 is 0 Å². The van der Waals surface area contributed by atoms with E-state index in [4.69, 9.17) is 9.15 Å². The van der Waals surface area contributed by atoms with E-state index in [1.807, 2.05) is 91.0 Å². The van der Waals surface area contributed by atoms with Gasteiger partial charge in [-0.05, 0) is 28.6 Å². The Morgan fingerprint density at radius 1 is 0.737 bits per heavy atom. The van der Waals surface area contributed by atoms with Gasteiger partial charge in [0.05, 0.1) is 27.5 Å². The Balaban J connectivity index is 1.78. The van der Waals surface area contributed by atoms with Crippen molar-refractivity contribution in [1.82, 2.24) is 4.40 Å². The fraction of sp³-hybridized carbons (Fsp3) is 0.0938. The van der Waals surface area contributed by atoms with Crippen molar-refractivity contribution in [3.63, 3.8) is 0 Å². The summed E-state index contributed by atoms with van der Waals surface area (Å²) in [6, 6.07) is 30.2. The molecule has 3 heterocycles. The first kappa shape index (κ1) is 23.4. The van der Waals surface area contributed by atoms with E-state index in [-0.39, 0.29) is 35.3 Å². The zero-order valence-corrected chi connectivity index (χ0v) is 20.6. The maximum Gasteiger partial charge on any atom is 0.343 e. The Hall–Kier alpha value is -4.97. The van der Waals surface area contributed by atoms with E-state index in [0.717, 1.165) is 16.5 Å². The molecule has 6 heteroatoms. The number of hydrogen-bond acceptors (Lipinski definition) is 5. The third kappa shape index (κ3) is 4.06. The average molecular weight is 502 g/mol. The van der Waals surface area contributed by atoms with Gasteiger partial charge in [0.2, 0.25) is 0 Å². The van der Waals surface area contributed by atoms with Crippen LogP contribution in [-0.2, 0) is 17.6 Å². The number of esters is 1. The molecule has 0 fully saturated rings. The first-order chi connectivity index (χ1) is 18.5. The molecule has 186 valence electrons. The van der Waals surface area contributed by atoms with Gasteiger partial charge in [0.1, 0.15) is 0 Å². The maximum absolute atomic E-state index is 14.1. The van der Waals surface area contributed by atoms with Crippen molar-refractivity contribution >= 4 is 33.4 Å². The molecule has 0 saturated carbocycles. The third-order valence-electron chi connectivity index (χ3n) is 6.69. The number of benzene rings is 3. The number of pyridine rings is 2. The molecule has 0 atom stereocenters. The monoisotopic (exact) mass is 501 g/mol. The number of aromatic nitrogens is 1. The van der Waals surface area contributed by atoms with E-state index in [1.165, 1.54) is 6.92 Å². The molecular formula is C32H23NO5. The van der Waals surface area contributed by atoms with Crippen LogP contribution in [0.5, 0.6) is 5.75 Å². The lowest BCUT2D eigenvalue weighted by Crippen LogP contribution is -2.23. The quantitative estimate of drug-likeness (QED) is 0.225. The molecule has 0 unspecified atom stereocenters. The maximum atomic E-state index is 14.1. The summed E-state index contributed by atoms with van der Waals surface area (Å²) in [5, 5.41) is 1.30. The number of nitrogens with zero attached hydrogens (tertiary/aromatic N) is 1. The highest BCUT2D eigenvalue weighted by Gasteiger charge is 2.25. The minimum atomic E-state index is -0.642. The number of ether oxygens (including phenoxy) is 1. The van der Waals surface area contributed by atoms with Crippen LogP contribution in [0.25, 0.3) is 27.4 Å². The van der Waals surface area contributed by atoms with Crippen LogP contribution in [0.4, 0.5) is 0 Å². The van der Waals surface area contributed by atoms with Crippen LogP contribution in [0.3, 0.4) is 0 Å². The lowest BCUT2D eigenvalue weighted by molar-refractivity contribution is -0.131. The minimum absolute atomic E-state index is 0.120. The Morgan fingerprint density at radius 3 is 2.00 bits per heavy atom. The molecule has 6 rings (SSSR count). The summed E-state index contributed by atoms with van der Waals surface area (Å²) >= 11 is 0. The molecular weight excluding hydrogens is 478 g/mol. The number of para-hydroxylation sites is 1. The van der Waals surface area contributed by atoms with Crippen molar-refractivity contribution in [3.05, 3.63) is 140 Å². The summed E-state index contributed by atoms with van der Waals surface area (Å²) in [4.78, 5) is 39.9. The number of hydrogen-bond donors (Lipinski definition) is 0. The van der Waals surface area contributed by atoms with Gasteiger partial charge in [0, 0.05) is 19.8 Å². The zero-order chi connectivity index (χ0) is 26.2. The molecule has 0 spiro atoms. The Bertz CT molecular complexity index is 1950. The van der Waals surface area contributed by atoms with Crippen LogP contribution < -0.4 is 15.9 Å². The van der Waals surface area contributed by atoms with Crippen molar-refractivity contribution in [1.29, 1.82) is 0 Å². The van der Waals surface area contributed by atoms with Gasteiger partial charge in [0.25, 0.3) is 5.56 Å². The fourth-order valence-corrected chi connectivity index (χ4v) is 5.01. The molecule has 0 saturated heterocycles. The third-order valence-corrected chi connectivity index (χ3v) is 6.69. The van der Waals surface area contributed by atoms with E-state index < -0.39 is 11.6 Å². The molecule has 0 radical (unpaired) electrons. The van der Waals surface area contributed by atoms with Crippen LogP contribution in [0.15, 0.2) is 111 Å². The molecule has 38 heavy (non-hydrogen) atoms. The number of carbonyl (C=O) groups is 1. The smallest absolute Gasteiger partial charge is 0.343 e.